The SMILES string of the molecule is COc1cccc(CCc2nc(C(=O)O)cs2)c1. The molecule has 4 nitrogen and oxygen atoms in total. The second kappa shape index (κ2) is 5.64. The molecule has 0 atom stereocenters. The lowest BCUT2D eigenvalue weighted by molar-refractivity contribution is 0.0691. The van der Waals surface area contributed by atoms with Gasteiger partial charge in [0.25, 0.3) is 0 Å². The van der Waals surface area contributed by atoms with E-state index in [1.807, 2.05) is 24.3 Å². The Morgan fingerprint density at radius 3 is 2.94 bits per heavy atom. The van der Waals surface area contributed by atoms with Gasteiger partial charge in [0.1, 0.15) is 5.75 Å². The van der Waals surface area contributed by atoms with E-state index in [1.54, 1.807) is 12.5 Å². The van der Waals surface area contributed by atoms with Crippen LogP contribution in [0.3, 0.4) is 0 Å². The summed E-state index contributed by atoms with van der Waals surface area (Å²) in [5.74, 6) is -0.142. The number of aryl methyl sites for hydroxylation is 2. The Labute approximate surface area is 109 Å². The van der Waals surface area contributed by atoms with Gasteiger partial charge in [0.2, 0.25) is 0 Å². The number of hydrogen-bond acceptors (Lipinski definition) is 4. The Hall–Kier alpha value is -1.88. The van der Waals surface area contributed by atoms with Gasteiger partial charge in [0, 0.05) is 11.8 Å². The first-order valence-corrected chi connectivity index (χ1v) is 6.37. The third-order valence-electron chi connectivity index (χ3n) is 2.53. The molecule has 2 rings (SSSR count). The fraction of sp³-hybridized carbons (Fsp3) is 0.231. The van der Waals surface area contributed by atoms with Gasteiger partial charge in [-0.25, -0.2) is 9.78 Å². The number of nitrogens with zero attached hydrogens (tertiary/aromatic N) is 1. The minimum Gasteiger partial charge on any atom is -0.497 e. The van der Waals surface area contributed by atoms with Crippen molar-refractivity contribution in [3.8, 4) is 5.75 Å². The van der Waals surface area contributed by atoms with Crippen molar-refractivity contribution < 1.29 is 14.6 Å². The van der Waals surface area contributed by atoms with Crippen molar-refractivity contribution in [2.45, 2.75) is 12.8 Å². The molecule has 18 heavy (non-hydrogen) atoms. The van der Waals surface area contributed by atoms with E-state index in [0.717, 1.165) is 29.2 Å². The summed E-state index contributed by atoms with van der Waals surface area (Å²) in [6, 6.07) is 7.84. The van der Waals surface area contributed by atoms with Crippen LogP contribution in [0.25, 0.3) is 0 Å². The number of aromatic nitrogens is 1. The number of hydrogen-bond donors (Lipinski definition) is 1. The molecular weight excluding hydrogens is 250 g/mol. The van der Waals surface area contributed by atoms with Crippen molar-refractivity contribution in [2.24, 2.45) is 0 Å². The zero-order valence-corrected chi connectivity index (χ0v) is 10.7. The fourth-order valence-corrected chi connectivity index (χ4v) is 2.38. The van der Waals surface area contributed by atoms with Crippen molar-refractivity contribution in [3.05, 3.63) is 45.9 Å². The summed E-state index contributed by atoms with van der Waals surface area (Å²) >= 11 is 1.38. The standard InChI is InChI=1S/C13H13NO3S/c1-17-10-4-2-3-9(7-10)5-6-12-14-11(8-18-12)13(15)16/h2-4,7-8H,5-6H2,1H3,(H,15,16). The molecule has 2 aromatic rings. The highest BCUT2D eigenvalue weighted by Gasteiger charge is 2.08. The fourth-order valence-electron chi connectivity index (χ4n) is 1.60. The van der Waals surface area contributed by atoms with Crippen LogP contribution in [0.15, 0.2) is 29.6 Å². The molecule has 0 saturated carbocycles. The summed E-state index contributed by atoms with van der Waals surface area (Å²) in [4.78, 5) is 14.8. The number of aromatic carboxylic acids is 1. The van der Waals surface area contributed by atoms with E-state index < -0.39 is 5.97 Å². The van der Waals surface area contributed by atoms with Gasteiger partial charge in [-0.05, 0) is 24.1 Å². The number of rotatable bonds is 5. The maximum Gasteiger partial charge on any atom is 0.355 e. The smallest absolute Gasteiger partial charge is 0.355 e. The van der Waals surface area contributed by atoms with Crippen molar-refractivity contribution in [2.75, 3.05) is 7.11 Å². The molecule has 1 aromatic heterocycles. The molecule has 0 bridgehead atoms. The largest absolute Gasteiger partial charge is 0.497 e. The number of methoxy groups -OCH3 is 1. The monoisotopic (exact) mass is 263 g/mol. The van der Waals surface area contributed by atoms with E-state index in [9.17, 15) is 4.79 Å². The molecule has 0 aliphatic rings. The Morgan fingerprint density at radius 1 is 1.44 bits per heavy atom. The summed E-state index contributed by atoms with van der Waals surface area (Å²) in [7, 11) is 1.64. The summed E-state index contributed by atoms with van der Waals surface area (Å²) in [5.41, 5.74) is 1.28. The van der Waals surface area contributed by atoms with Gasteiger partial charge >= 0.3 is 5.97 Å². The number of ether oxygens (including phenoxy) is 1. The van der Waals surface area contributed by atoms with Gasteiger partial charge < -0.3 is 9.84 Å². The Bertz CT molecular complexity index is 551. The first-order chi connectivity index (χ1) is 8.69. The van der Waals surface area contributed by atoms with E-state index in [2.05, 4.69) is 4.98 Å². The number of thiazole rings is 1. The molecule has 0 radical (unpaired) electrons. The van der Waals surface area contributed by atoms with Crippen molar-refractivity contribution in [1.82, 2.24) is 4.98 Å². The van der Waals surface area contributed by atoms with Gasteiger partial charge in [0.15, 0.2) is 5.69 Å². The minimum absolute atomic E-state index is 0.126. The first-order valence-electron chi connectivity index (χ1n) is 5.49. The quantitative estimate of drug-likeness (QED) is 0.901. The lowest BCUT2D eigenvalue weighted by Gasteiger charge is -2.03. The van der Waals surface area contributed by atoms with Crippen LogP contribution < -0.4 is 4.74 Å². The Balaban J connectivity index is 1.99. The third kappa shape index (κ3) is 3.07. The van der Waals surface area contributed by atoms with E-state index in [0.29, 0.717) is 0 Å². The van der Waals surface area contributed by atoms with Crippen molar-refractivity contribution in [3.63, 3.8) is 0 Å². The van der Waals surface area contributed by atoms with Crippen LogP contribution in [0.4, 0.5) is 0 Å². The van der Waals surface area contributed by atoms with Crippen LogP contribution in [0.1, 0.15) is 21.1 Å². The molecule has 0 amide bonds. The van der Waals surface area contributed by atoms with E-state index in [4.69, 9.17) is 9.84 Å². The molecule has 0 saturated heterocycles. The van der Waals surface area contributed by atoms with Crippen LogP contribution in [0, 0.1) is 0 Å². The van der Waals surface area contributed by atoms with Gasteiger partial charge in [0.05, 0.1) is 12.1 Å². The zero-order chi connectivity index (χ0) is 13.0. The summed E-state index contributed by atoms with van der Waals surface area (Å²) in [6.07, 6.45) is 1.56. The number of carbonyl (C=O) groups is 1. The summed E-state index contributed by atoms with van der Waals surface area (Å²) in [5, 5.41) is 11.2. The van der Waals surface area contributed by atoms with Crippen LogP contribution in [-0.4, -0.2) is 23.2 Å². The molecule has 1 heterocycles. The van der Waals surface area contributed by atoms with Gasteiger partial charge in [-0.15, -0.1) is 11.3 Å². The van der Waals surface area contributed by atoms with E-state index >= 15 is 0 Å². The third-order valence-corrected chi connectivity index (χ3v) is 3.44. The predicted octanol–water partition coefficient (Wildman–Crippen LogP) is 2.64. The Morgan fingerprint density at radius 2 is 2.28 bits per heavy atom. The Kier molecular flexibility index (Phi) is 3.94. The number of carboxylic acids is 1. The molecule has 0 aliphatic carbocycles. The molecule has 94 valence electrons. The average molecular weight is 263 g/mol. The molecule has 0 fully saturated rings. The second-order valence-electron chi connectivity index (χ2n) is 3.78. The highest BCUT2D eigenvalue weighted by molar-refractivity contribution is 7.09. The lowest BCUT2D eigenvalue weighted by Crippen LogP contribution is -1.97. The molecule has 0 aliphatic heterocycles. The van der Waals surface area contributed by atoms with Gasteiger partial charge in [-0.1, -0.05) is 12.1 Å². The molecule has 1 N–H and O–H groups in total. The number of benzene rings is 1. The van der Waals surface area contributed by atoms with E-state index in [1.165, 1.54) is 11.3 Å². The highest BCUT2D eigenvalue weighted by atomic mass is 32.1. The molecule has 5 heteroatoms. The van der Waals surface area contributed by atoms with Crippen LogP contribution in [0.5, 0.6) is 5.75 Å². The average Bonchev–Trinajstić information content (AvgIpc) is 2.85. The summed E-state index contributed by atoms with van der Waals surface area (Å²) in [6.45, 7) is 0. The van der Waals surface area contributed by atoms with Gasteiger partial charge in [-0.3, -0.25) is 0 Å². The van der Waals surface area contributed by atoms with Gasteiger partial charge in [-0.2, -0.15) is 0 Å². The molecule has 1 aromatic carbocycles. The maximum absolute atomic E-state index is 10.7. The number of carboxylic acid groups (broad SMARTS) is 1. The lowest BCUT2D eigenvalue weighted by atomic mass is 10.1. The minimum atomic E-state index is -0.973. The molecule has 0 unspecified atom stereocenters. The normalized spacial score (nSPS) is 10.3. The highest BCUT2D eigenvalue weighted by Crippen LogP contribution is 2.16. The topological polar surface area (TPSA) is 59.4 Å². The zero-order valence-electron chi connectivity index (χ0n) is 9.92. The van der Waals surface area contributed by atoms with Crippen LogP contribution >= 0.6 is 11.3 Å². The van der Waals surface area contributed by atoms with E-state index in [-0.39, 0.29) is 5.69 Å². The van der Waals surface area contributed by atoms with Crippen molar-refractivity contribution in [1.29, 1.82) is 0 Å². The predicted molar refractivity (Wildman–Crippen MR) is 69.5 cm³/mol. The first kappa shape index (κ1) is 12.6. The molecule has 0 spiro atoms. The summed E-state index contributed by atoms with van der Waals surface area (Å²) < 4.78 is 5.15. The van der Waals surface area contributed by atoms with Crippen molar-refractivity contribution >= 4 is 17.3 Å². The maximum atomic E-state index is 10.7. The van der Waals surface area contributed by atoms with Crippen LogP contribution in [-0.2, 0) is 12.8 Å². The second-order valence-corrected chi connectivity index (χ2v) is 4.73. The van der Waals surface area contributed by atoms with Crippen LogP contribution in [0.2, 0.25) is 0 Å². The molecular formula is C13H13NO3S.